The number of ether oxygens (including phenoxy) is 2. The summed E-state index contributed by atoms with van der Waals surface area (Å²) in [4.78, 5) is 11.8. The highest BCUT2D eigenvalue weighted by Crippen LogP contribution is 2.19. The van der Waals surface area contributed by atoms with Crippen molar-refractivity contribution < 1.29 is 19.4 Å². The van der Waals surface area contributed by atoms with Crippen LogP contribution in [0.1, 0.15) is 16.3 Å². The summed E-state index contributed by atoms with van der Waals surface area (Å²) in [5, 5.41) is 17.4. The smallest absolute Gasteiger partial charge is 0.355 e. The first-order valence-electron chi connectivity index (χ1n) is 6.52. The molecule has 0 atom stereocenters. The Morgan fingerprint density at radius 1 is 1.23 bits per heavy atom. The van der Waals surface area contributed by atoms with E-state index in [9.17, 15) is 9.90 Å². The van der Waals surface area contributed by atoms with E-state index in [0.717, 1.165) is 0 Å². The number of aromatic hydroxyl groups is 1. The van der Waals surface area contributed by atoms with Crippen LogP contribution < -0.4 is 4.74 Å². The van der Waals surface area contributed by atoms with Gasteiger partial charge in [-0.3, -0.25) is 4.40 Å². The standard InChI is InChI=1S/C15H13N3O4/c1-21-15(20)12-6-3-7-13-16-17-14(18(12)13)9-22-11-5-2-4-10(19)8-11/h2-8,19H,9H2,1H3. The van der Waals surface area contributed by atoms with E-state index in [2.05, 4.69) is 10.2 Å². The number of rotatable bonds is 4. The second-order valence-electron chi connectivity index (χ2n) is 4.50. The maximum Gasteiger partial charge on any atom is 0.355 e. The lowest BCUT2D eigenvalue weighted by molar-refractivity contribution is 0.0591. The Hall–Kier alpha value is -3.09. The molecule has 0 bridgehead atoms. The number of methoxy groups -OCH3 is 1. The average molecular weight is 299 g/mol. The molecule has 0 spiro atoms. The molecule has 0 saturated heterocycles. The minimum atomic E-state index is -0.482. The molecule has 0 aliphatic heterocycles. The molecular formula is C15H13N3O4. The van der Waals surface area contributed by atoms with Crippen LogP contribution in [0.3, 0.4) is 0 Å². The van der Waals surface area contributed by atoms with E-state index < -0.39 is 5.97 Å². The summed E-state index contributed by atoms with van der Waals surface area (Å²) in [5.74, 6) is 0.578. The number of hydrogen-bond acceptors (Lipinski definition) is 6. The van der Waals surface area contributed by atoms with E-state index in [1.807, 2.05) is 0 Å². The highest BCUT2D eigenvalue weighted by Gasteiger charge is 2.15. The van der Waals surface area contributed by atoms with E-state index in [1.165, 1.54) is 13.2 Å². The molecule has 0 amide bonds. The molecule has 3 rings (SSSR count). The highest BCUT2D eigenvalue weighted by molar-refractivity contribution is 5.88. The van der Waals surface area contributed by atoms with Gasteiger partial charge < -0.3 is 14.6 Å². The predicted octanol–water partition coefficient (Wildman–Crippen LogP) is 1.80. The second kappa shape index (κ2) is 5.72. The number of phenols is 1. The number of aromatic nitrogens is 3. The van der Waals surface area contributed by atoms with E-state index in [-0.39, 0.29) is 12.4 Å². The van der Waals surface area contributed by atoms with Gasteiger partial charge in [0, 0.05) is 6.07 Å². The second-order valence-corrected chi connectivity index (χ2v) is 4.50. The van der Waals surface area contributed by atoms with Crippen molar-refractivity contribution in [1.82, 2.24) is 14.6 Å². The first kappa shape index (κ1) is 13.9. The van der Waals surface area contributed by atoms with Crippen molar-refractivity contribution in [3.63, 3.8) is 0 Å². The Morgan fingerprint density at radius 3 is 2.82 bits per heavy atom. The molecule has 0 saturated carbocycles. The normalized spacial score (nSPS) is 10.6. The summed E-state index contributed by atoms with van der Waals surface area (Å²) < 4.78 is 11.9. The summed E-state index contributed by atoms with van der Waals surface area (Å²) in [6.07, 6.45) is 0. The van der Waals surface area contributed by atoms with Gasteiger partial charge >= 0.3 is 5.97 Å². The molecule has 112 valence electrons. The summed E-state index contributed by atoms with van der Waals surface area (Å²) in [5.41, 5.74) is 0.844. The molecule has 0 radical (unpaired) electrons. The molecule has 22 heavy (non-hydrogen) atoms. The minimum Gasteiger partial charge on any atom is -0.508 e. The Bertz CT molecular complexity index is 829. The van der Waals surface area contributed by atoms with Crippen molar-refractivity contribution >= 4 is 11.6 Å². The first-order valence-corrected chi connectivity index (χ1v) is 6.52. The van der Waals surface area contributed by atoms with Gasteiger partial charge in [-0.1, -0.05) is 12.1 Å². The predicted molar refractivity (Wildman–Crippen MR) is 76.8 cm³/mol. The zero-order valence-corrected chi connectivity index (χ0v) is 11.8. The van der Waals surface area contributed by atoms with Crippen molar-refractivity contribution in [1.29, 1.82) is 0 Å². The van der Waals surface area contributed by atoms with Crippen LogP contribution in [0.2, 0.25) is 0 Å². The molecule has 0 aliphatic carbocycles. The first-order chi connectivity index (χ1) is 10.7. The summed E-state index contributed by atoms with van der Waals surface area (Å²) >= 11 is 0. The fourth-order valence-electron chi connectivity index (χ4n) is 2.08. The molecule has 2 heterocycles. The topological polar surface area (TPSA) is 86.0 Å². The van der Waals surface area contributed by atoms with Crippen LogP contribution in [0, 0.1) is 0 Å². The van der Waals surface area contributed by atoms with Crippen molar-refractivity contribution in [2.24, 2.45) is 0 Å². The number of carbonyl (C=O) groups is 1. The summed E-state index contributed by atoms with van der Waals surface area (Å²) in [7, 11) is 1.31. The van der Waals surface area contributed by atoms with Crippen LogP contribution in [0.15, 0.2) is 42.5 Å². The number of hydrogen-bond donors (Lipinski definition) is 1. The van der Waals surface area contributed by atoms with Gasteiger partial charge in [-0.15, -0.1) is 10.2 Å². The third kappa shape index (κ3) is 2.56. The van der Waals surface area contributed by atoms with E-state index >= 15 is 0 Å². The molecule has 1 aromatic carbocycles. The molecule has 0 unspecified atom stereocenters. The van der Waals surface area contributed by atoms with Gasteiger partial charge in [0.25, 0.3) is 0 Å². The van der Waals surface area contributed by atoms with Crippen LogP contribution in [0.5, 0.6) is 11.5 Å². The van der Waals surface area contributed by atoms with Crippen LogP contribution in [-0.2, 0) is 11.3 Å². The number of pyridine rings is 1. The number of fused-ring (bicyclic) bond motifs is 1. The van der Waals surface area contributed by atoms with E-state index in [0.29, 0.717) is 22.9 Å². The summed E-state index contributed by atoms with van der Waals surface area (Å²) in [6.45, 7) is 0.0959. The van der Waals surface area contributed by atoms with Gasteiger partial charge in [0.05, 0.1) is 7.11 Å². The van der Waals surface area contributed by atoms with Gasteiger partial charge in [0.2, 0.25) is 0 Å². The number of phenolic OH excluding ortho intramolecular Hbond substituents is 1. The third-order valence-electron chi connectivity index (χ3n) is 3.08. The van der Waals surface area contributed by atoms with Crippen LogP contribution >= 0.6 is 0 Å². The minimum absolute atomic E-state index is 0.0959. The molecule has 0 aliphatic rings. The zero-order valence-electron chi connectivity index (χ0n) is 11.8. The number of benzene rings is 1. The SMILES string of the molecule is COC(=O)c1cccc2nnc(COc3cccc(O)c3)n12. The van der Waals surface area contributed by atoms with E-state index in [4.69, 9.17) is 9.47 Å². The van der Waals surface area contributed by atoms with Crippen molar-refractivity contribution in [3.05, 3.63) is 54.0 Å². The van der Waals surface area contributed by atoms with E-state index in [1.54, 1.807) is 40.8 Å². The van der Waals surface area contributed by atoms with Crippen LogP contribution in [0.4, 0.5) is 0 Å². The molecule has 7 nitrogen and oxygen atoms in total. The lowest BCUT2D eigenvalue weighted by Crippen LogP contribution is -2.11. The lowest BCUT2D eigenvalue weighted by Gasteiger charge is -2.07. The Balaban J connectivity index is 1.92. The molecule has 0 fully saturated rings. The van der Waals surface area contributed by atoms with Crippen molar-refractivity contribution in [2.45, 2.75) is 6.61 Å². The number of esters is 1. The summed E-state index contributed by atoms with van der Waals surface area (Å²) in [6, 6.07) is 11.5. The molecular weight excluding hydrogens is 286 g/mol. The van der Waals surface area contributed by atoms with Crippen LogP contribution in [-0.4, -0.2) is 32.8 Å². The van der Waals surface area contributed by atoms with Gasteiger partial charge in [0.15, 0.2) is 11.5 Å². The maximum atomic E-state index is 11.8. The fraction of sp³-hybridized carbons (Fsp3) is 0.133. The fourth-order valence-corrected chi connectivity index (χ4v) is 2.08. The van der Waals surface area contributed by atoms with Gasteiger partial charge in [-0.2, -0.15) is 0 Å². The van der Waals surface area contributed by atoms with Crippen LogP contribution in [0.25, 0.3) is 5.65 Å². The Labute approximate surface area is 125 Å². The Kier molecular flexibility index (Phi) is 3.61. The highest BCUT2D eigenvalue weighted by atomic mass is 16.5. The molecule has 7 heteroatoms. The lowest BCUT2D eigenvalue weighted by atomic mass is 10.3. The van der Waals surface area contributed by atoms with Crippen molar-refractivity contribution in [3.8, 4) is 11.5 Å². The maximum absolute atomic E-state index is 11.8. The zero-order chi connectivity index (χ0) is 15.5. The molecule has 3 aromatic rings. The molecule has 1 N–H and O–H groups in total. The average Bonchev–Trinajstić information content (AvgIpc) is 2.95. The number of nitrogens with zero attached hydrogens (tertiary/aromatic N) is 3. The van der Waals surface area contributed by atoms with Crippen molar-refractivity contribution in [2.75, 3.05) is 7.11 Å². The van der Waals surface area contributed by atoms with Gasteiger partial charge in [0.1, 0.15) is 23.8 Å². The third-order valence-corrected chi connectivity index (χ3v) is 3.08. The Morgan fingerprint density at radius 2 is 2.05 bits per heavy atom. The quantitative estimate of drug-likeness (QED) is 0.739. The largest absolute Gasteiger partial charge is 0.508 e. The van der Waals surface area contributed by atoms with Gasteiger partial charge in [-0.05, 0) is 24.3 Å². The van der Waals surface area contributed by atoms with Gasteiger partial charge in [-0.25, -0.2) is 4.79 Å². The molecule has 2 aromatic heterocycles. The monoisotopic (exact) mass is 299 g/mol. The number of carbonyl (C=O) groups excluding carboxylic acids is 1.